The van der Waals surface area contributed by atoms with Crippen molar-refractivity contribution in [2.45, 2.75) is 0 Å². The van der Waals surface area contributed by atoms with E-state index in [2.05, 4.69) is 27.9 Å². The van der Waals surface area contributed by atoms with Gasteiger partial charge in [0.15, 0.2) is 0 Å². The normalized spacial score (nSPS) is 10.3. The summed E-state index contributed by atoms with van der Waals surface area (Å²) >= 11 is 8.38. The van der Waals surface area contributed by atoms with Crippen molar-refractivity contribution in [3.63, 3.8) is 0 Å². The summed E-state index contributed by atoms with van der Waals surface area (Å²) in [4.78, 5) is 13.4. The molecule has 0 radical (unpaired) electrons. The number of amides is 1. The van der Waals surface area contributed by atoms with E-state index < -0.39 is 0 Å². The van der Waals surface area contributed by atoms with Crippen LogP contribution >= 0.6 is 34.2 Å². The minimum Gasteiger partial charge on any atom is -0.397 e. The van der Waals surface area contributed by atoms with Crippen LogP contribution in [0.15, 0.2) is 36.4 Å². The highest BCUT2D eigenvalue weighted by molar-refractivity contribution is 14.1. The van der Waals surface area contributed by atoms with Gasteiger partial charge >= 0.3 is 0 Å². The zero-order chi connectivity index (χ0) is 15.6. The molecular weight excluding hydrogens is 401 g/mol. The lowest BCUT2D eigenvalue weighted by atomic mass is 10.1. The second-order valence-corrected chi connectivity index (χ2v) is 6.40. The topological polar surface area (TPSA) is 58.4 Å². The minimum absolute atomic E-state index is 0.0828. The third kappa shape index (κ3) is 3.79. The smallest absolute Gasteiger partial charge is 0.253 e. The summed E-state index contributed by atoms with van der Waals surface area (Å²) in [6.45, 7) is 0. The van der Waals surface area contributed by atoms with Crippen LogP contribution in [0.25, 0.3) is 0 Å². The Kier molecular flexibility index (Phi) is 4.95. The fraction of sp³-hybridized carbons (Fsp3) is 0.133. The van der Waals surface area contributed by atoms with Crippen molar-refractivity contribution in [1.82, 2.24) is 4.90 Å². The van der Waals surface area contributed by atoms with Crippen LogP contribution in [0, 0.1) is 3.57 Å². The average molecular weight is 416 g/mol. The summed E-state index contributed by atoms with van der Waals surface area (Å²) in [6.07, 6.45) is 0. The largest absolute Gasteiger partial charge is 0.397 e. The van der Waals surface area contributed by atoms with Gasteiger partial charge in [-0.05, 0) is 59.0 Å². The quantitative estimate of drug-likeness (QED) is 0.589. The van der Waals surface area contributed by atoms with Crippen molar-refractivity contribution in [3.8, 4) is 0 Å². The molecule has 0 heterocycles. The number of rotatable bonds is 3. The fourth-order valence-electron chi connectivity index (χ4n) is 1.80. The van der Waals surface area contributed by atoms with Gasteiger partial charge in [-0.25, -0.2) is 0 Å². The van der Waals surface area contributed by atoms with Crippen molar-refractivity contribution < 1.29 is 4.79 Å². The first-order valence-corrected chi connectivity index (χ1v) is 7.67. The van der Waals surface area contributed by atoms with Crippen molar-refractivity contribution in [2.24, 2.45) is 0 Å². The molecule has 0 aliphatic rings. The Morgan fingerprint density at radius 2 is 1.86 bits per heavy atom. The predicted molar refractivity (Wildman–Crippen MR) is 96.3 cm³/mol. The number of anilines is 3. The first-order chi connectivity index (χ1) is 9.88. The third-order valence-corrected chi connectivity index (χ3v) is 3.89. The molecule has 110 valence electrons. The Hall–Kier alpha value is -1.47. The van der Waals surface area contributed by atoms with E-state index in [4.69, 9.17) is 17.3 Å². The van der Waals surface area contributed by atoms with Gasteiger partial charge in [0.05, 0.1) is 22.1 Å². The van der Waals surface area contributed by atoms with Gasteiger partial charge in [-0.2, -0.15) is 0 Å². The lowest BCUT2D eigenvalue weighted by Crippen LogP contribution is -2.21. The van der Waals surface area contributed by atoms with Gasteiger partial charge in [-0.1, -0.05) is 11.6 Å². The Morgan fingerprint density at radius 3 is 2.43 bits per heavy atom. The third-order valence-electron chi connectivity index (χ3n) is 2.91. The zero-order valence-corrected chi connectivity index (χ0v) is 14.6. The SMILES string of the molecule is CN(C)C(=O)c1ccc(Nc2ccc(I)cc2Cl)c(N)c1. The summed E-state index contributed by atoms with van der Waals surface area (Å²) in [5, 5.41) is 3.80. The molecule has 0 aliphatic heterocycles. The Bertz CT molecular complexity index is 689. The second-order valence-electron chi connectivity index (χ2n) is 4.75. The van der Waals surface area contributed by atoms with Crippen LogP contribution in [-0.2, 0) is 0 Å². The Labute approximate surface area is 142 Å². The molecule has 0 spiro atoms. The van der Waals surface area contributed by atoms with Crippen LogP contribution < -0.4 is 11.1 Å². The summed E-state index contributed by atoms with van der Waals surface area (Å²) in [7, 11) is 3.41. The highest BCUT2D eigenvalue weighted by Gasteiger charge is 2.10. The molecule has 3 N–H and O–H groups in total. The van der Waals surface area contributed by atoms with E-state index in [1.807, 2.05) is 18.2 Å². The molecule has 0 saturated carbocycles. The monoisotopic (exact) mass is 415 g/mol. The standard InChI is InChI=1S/C15H15ClIN3O/c1-20(2)15(21)9-3-5-14(12(18)7-9)19-13-6-4-10(17)8-11(13)16/h3-8,19H,18H2,1-2H3. The number of halogens is 2. The van der Waals surface area contributed by atoms with E-state index in [1.54, 1.807) is 32.3 Å². The van der Waals surface area contributed by atoms with Gasteiger partial charge in [0, 0.05) is 23.2 Å². The van der Waals surface area contributed by atoms with E-state index in [0.29, 0.717) is 22.0 Å². The first kappa shape index (κ1) is 15.9. The number of nitrogen functional groups attached to an aromatic ring is 1. The lowest BCUT2D eigenvalue weighted by Gasteiger charge is -2.14. The second kappa shape index (κ2) is 6.53. The molecule has 2 aromatic carbocycles. The molecule has 0 saturated heterocycles. The molecule has 2 rings (SSSR count). The molecular formula is C15H15ClIN3O. The number of benzene rings is 2. The number of hydrogen-bond donors (Lipinski definition) is 2. The fourth-order valence-corrected chi connectivity index (χ4v) is 2.71. The number of nitrogens with one attached hydrogen (secondary N) is 1. The molecule has 6 heteroatoms. The van der Waals surface area contributed by atoms with Crippen molar-refractivity contribution >= 4 is 57.2 Å². The number of nitrogens with two attached hydrogens (primary N) is 1. The molecule has 21 heavy (non-hydrogen) atoms. The summed E-state index contributed by atoms with van der Waals surface area (Å²) < 4.78 is 1.06. The van der Waals surface area contributed by atoms with Crippen LogP contribution in [0.3, 0.4) is 0 Å². The summed E-state index contributed by atoms with van der Waals surface area (Å²) in [6, 6.07) is 10.9. The molecule has 0 fully saturated rings. The van der Waals surface area contributed by atoms with Crippen molar-refractivity contribution in [1.29, 1.82) is 0 Å². The maximum absolute atomic E-state index is 11.9. The molecule has 2 aromatic rings. The van der Waals surface area contributed by atoms with Crippen LogP contribution in [0.5, 0.6) is 0 Å². The first-order valence-electron chi connectivity index (χ1n) is 6.21. The minimum atomic E-state index is -0.0828. The summed E-state index contributed by atoms with van der Waals surface area (Å²) in [5.74, 6) is -0.0828. The molecule has 0 unspecified atom stereocenters. The van der Waals surface area contributed by atoms with Crippen LogP contribution in [0.4, 0.5) is 17.1 Å². The van der Waals surface area contributed by atoms with Crippen LogP contribution in [0.1, 0.15) is 10.4 Å². The van der Waals surface area contributed by atoms with Gasteiger partial charge in [0.25, 0.3) is 5.91 Å². The number of carbonyl (C=O) groups is 1. The molecule has 1 amide bonds. The van der Waals surface area contributed by atoms with E-state index in [-0.39, 0.29) is 5.91 Å². The lowest BCUT2D eigenvalue weighted by molar-refractivity contribution is 0.0827. The molecule has 0 atom stereocenters. The average Bonchev–Trinajstić information content (AvgIpc) is 2.42. The van der Waals surface area contributed by atoms with Crippen LogP contribution in [-0.4, -0.2) is 24.9 Å². The Balaban J connectivity index is 2.27. The van der Waals surface area contributed by atoms with E-state index in [0.717, 1.165) is 9.26 Å². The van der Waals surface area contributed by atoms with Crippen molar-refractivity contribution in [3.05, 3.63) is 50.6 Å². The van der Waals surface area contributed by atoms with Crippen LogP contribution in [0.2, 0.25) is 5.02 Å². The van der Waals surface area contributed by atoms with Gasteiger partial charge in [-0.15, -0.1) is 0 Å². The van der Waals surface area contributed by atoms with Gasteiger partial charge in [0.2, 0.25) is 0 Å². The highest BCUT2D eigenvalue weighted by atomic mass is 127. The highest BCUT2D eigenvalue weighted by Crippen LogP contribution is 2.30. The maximum atomic E-state index is 11.9. The van der Waals surface area contributed by atoms with Crippen molar-refractivity contribution in [2.75, 3.05) is 25.1 Å². The molecule has 0 aliphatic carbocycles. The van der Waals surface area contributed by atoms with E-state index in [9.17, 15) is 4.79 Å². The van der Waals surface area contributed by atoms with Gasteiger partial charge < -0.3 is 16.0 Å². The number of nitrogens with zero attached hydrogens (tertiary/aromatic N) is 1. The molecule has 0 aromatic heterocycles. The van der Waals surface area contributed by atoms with E-state index >= 15 is 0 Å². The Morgan fingerprint density at radius 1 is 1.19 bits per heavy atom. The summed E-state index contributed by atoms with van der Waals surface area (Å²) in [5.41, 5.74) is 8.55. The zero-order valence-electron chi connectivity index (χ0n) is 11.7. The van der Waals surface area contributed by atoms with Gasteiger partial charge in [-0.3, -0.25) is 4.79 Å². The number of hydrogen-bond acceptors (Lipinski definition) is 3. The van der Waals surface area contributed by atoms with Gasteiger partial charge in [0.1, 0.15) is 0 Å². The predicted octanol–water partition coefficient (Wildman–Crippen LogP) is 3.97. The molecule has 0 bridgehead atoms. The molecule has 4 nitrogen and oxygen atoms in total. The maximum Gasteiger partial charge on any atom is 0.253 e. The number of carbonyl (C=O) groups excluding carboxylic acids is 1. The van der Waals surface area contributed by atoms with E-state index in [1.165, 1.54) is 4.90 Å².